The van der Waals surface area contributed by atoms with E-state index in [1.165, 1.54) is 6.20 Å². The molecule has 0 bridgehead atoms. The summed E-state index contributed by atoms with van der Waals surface area (Å²) in [4.78, 5) is 44.9. The number of rotatable bonds is 10. The van der Waals surface area contributed by atoms with Gasteiger partial charge in [0, 0.05) is 17.5 Å². The number of aromatic nitrogens is 2. The van der Waals surface area contributed by atoms with Crippen LogP contribution in [0.25, 0.3) is 0 Å². The molecule has 4 N–H and O–H groups in total. The molecule has 10 heteroatoms. The first-order valence-electron chi connectivity index (χ1n) is 9.68. The number of nitrogens with one attached hydrogen (secondary N) is 3. The number of aryl methyl sites for hydroxylation is 1. The smallest absolute Gasteiger partial charge is 0.326 e. The molecule has 0 aliphatic carbocycles. The highest BCUT2D eigenvalue weighted by atomic mass is 35.5. The van der Waals surface area contributed by atoms with Crippen molar-refractivity contribution in [3.63, 3.8) is 0 Å². The fourth-order valence-electron chi connectivity index (χ4n) is 2.58. The Morgan fingerprint density at radius 2 is 1.90 bits per heavy atom. The van der Waals surface area contributed by atoms with E-state index < -0.39 is 23.8 Å². The molecule has 0 aliphatic rings. The number of hydrogen-bond acceptors (Lipinski definition) is 6. The molecule has 2 aromatic rings. The van der Waals surface area contributed by atoms with Gasteiger partial charge in [-0.15, -0.1) is 0 Å². The van der Waals surface area contributed by atoms with Gasteiger partial charge in [0.05, 0.1) is 0 Å². The van der Waals surface area contributed by atoms with E-state index in [4.69, 9.17) is 11.6 Å². The number of hydrogen-bond donors (Lipinski definition) is 4. The van der Waals surface area contributed by atoms with Crippen molar-refractivity contribution in [2.45, 2.75) is 39.2 Å². The van der Waals surface area contributed by atoms with Crippen molar-refractivity contribution < 1.29 is 19.5 Å². The van der Waals surface area contributed by atoms with Crippen molar-refractivity contribution in [1.82, 2.24) is 20.6 Å². The van der Waals surface area contributed by atoms with Crippen LogP contribution >= 0.6 is 11.6 Å². The fraction of sp³-hybridized carbons (Fsp3) is 0.286. The second-order valence-corrected chi connectivity index (χ2v) is 7.07. The van der Waals surface area contributed by atoms with Crippen molar-refractivity contribution >= 4 is 35.3 Å². The molecule has 0 fully saturated rings. The molecule has 0 aliphatic heterocycles. The molecule has 1 aromatic heterocycles. The van der Waals surface area contributed by atoms with Gasteiger partial charge in [-0.05, 0) is 31.5 Å². The minimum atomic E-state index is -1.16. The highest BCUT2D eigenvalue weighted by Gasteiger charge is 2.22. The van der Waals surface area contributed by atoms with E-state index in [-0.39, 0.29) is 23.2 Å². The van der Waals surface area contributed by atoms with Gasteiger partial charge in [-0.2, -0.15) is 0 Å². The van der Waals surface area contributed by atoms with Crippen LogP contribution in [0.3, 0.4) is 0 Å². The largest absolute Gasteiger partial charge is 0.480 e. The van der Waals surface area contributed by atoms with Gasteiger partial charge in [0.25, 0.3) is 11.8 Å². The maximum Gasteiger partial charge on any atom is 0.326 e. The standard InChI is InChI=1S/C21H24ClN5O4/c1-3-4-10-15(20(30)31)25-19(29)16(26-18(28)14-8-6-5-7-9-14)12-23-21-24-13(2)11-17(22)27-21/h5-9,11-12,15H,3-4,10H2,1-2H3,(H,25,29)(H,26,28)(H,30,31)(H,23,24,27)/b16-12-. The van der Waals surface area contributed by atoms with E-state index in [2.05, 4.69) is 25.9 Å². The summed E-state index contributed by atoms with van der Waals surface area (Å²) in [5.41, 5.74) is 0.732. The summed E-state index contributed by atoms with van der Waals surface area (Å²) >= 11 is 5.92. The van der Waals surface area contributed by atoms with Crippen LogP contribution in [0.5, 0.6) is 0 Å². The van der Waals surface area contributed by atoms with Crippen LogP contribution in [0.4, 0.5) is 5.95 Å². The van der Waals surface area contributed by atoms with Gasteiger partial charge < -0.3 is 21.1 Å². The predicted molar refractivity (Wildman–Crippen MR) is 116 cm³/mol. The van der Waals surface area contributed by atoms with Gasteiger partial charge in [-0.25, -0.2) is 14.8 Å². The third-order valence-electron chi connectivity index (χ3n) is 4.15. The van der Waals surface area contributed by atoms with Crippen molar-refractivity contribution in [2.24, 2.45) is 0 Å². The number of nitrogens with zero attached hydrogens (tertiary/aromatic N) is 2. The average molecular weight is 446 g/mol. The molecule has 1 atom stereocenters. The molecule has 31 heavy (non-hydrogen) atoms. The molecule has 2 amide bonds. The first kappa shape index (κ1) is 23.8. The van der Waals surface area contributed by atoms with Crippen LogP contribution < -0.4 is 16.0 Å². The molecule has 0 saturated heterocycles. The Morgan fingerprint density at radius 1 is 1.19 bits per heavy atom. The number of halogens is 1. The number of carboxylic acid groups (broad SMARTS) is 1. The van der Waals surface area contributed by atoms with E-state index in [0.717, 1.165) is 6.42 Å². The zero-order valence-electron chi connectivity index (χ0n) is 17.2. The Bertz CT molecular complexity index is 945. The maximum atomic E-state index is 12.8. The Labute approximate surface area is 184 Å². The monoisotopic (exact) mass is 445 g/mol. The highest BCUT2D eigenvalue weighted by Crippen LogP contribution is 2.10. The fourth-order valence-corrected chi connectivity index (χ4v) is 2.81. The molecule has 0 saturated carbocycles. The number of unbranched alkanes of at least 4 members (excludes halogenated alkanes) is 1. The lowest BCUT2D eigenvalue weighted by Crippen LogP contribution is -2.44. The van der Waals surface area contributed by atoms with E-state index in [0.29, 0.717) is 17.7 Å². The molecule has 0 spiro atoms. The van der Waals surface area contributed by atoms with Crippen LogP contribution in [-0.2, 0) is 9.59 Å². The van der Waals surface area contributed by atoms with Crippen molar-refractivity contribution in [1.29, 1.82) is 0 Å². The molecular formula is C21H24ClN5O4. The number of carbonyl (C=O) groups is 3. The van der Waals surface area contributed by atoms with Gasteiger partial charge in [0.2, 0.25) is 5.95 Å². The van der Waals surface area contributed by atoms with Gasteiger partial charge in [-0.3, -0.25) is 9.59 Å². The number of aliphatic carboxylic acids is 1. The lowest BCUT2D eigenvalue weighted by atomic mass is 10.1. The van der Waals surface area contributed by atoms with Gasteiger partial charge in [-0.1, -0.05) is 49.6 Å². The molecule has 0 radical (unpaired) electrons. The summed E-state index contributed by atoms with van der Waals surface area (Å²) < 4.78 is 0. The van der Waals surface area contributed by atoms with Crippen LogP contribution in [-0.4, -0.2) is 38.9 Å². The predicted octanol–water partition coefficient (Wildman–Crippen LogP) is 2.88. The lowest BCUT2D eigenvalue weighted by Gasteiger charge is -2.16. The summed E-state index contributed by atoms with van der Waals surface area (Å²) in [5.74, 6) is -2.34. The molecular weight excluding hydrogens is 422 g/mol. The van der Waals surface area contributed by atoms with Crippen molar-refractivity contribution in [3.05, 3.63) is 64.7 Å². The Kier molecular flexibility index (Phi) is 8.95. The van der Waals surface area contributed by atoms with E-state index >= 15 is 0 Å². The SMILES string of the molecule is CCCCC(NC(=O)/C(=C/Nc1nc(C)cc(Cl)n1)NC(=O)c1ccccc1)C(=O)O. The molecule has 1 aromatic carbocycles. The number of benzene rings is 1. The topological polar surface area (TPSA) is 133 Å². The number of carboxylic acids is 1. The van der Waals surface area contributed by atoms with E-state index in [1.807, 2.05) is 6.92 Å². The average Bonchev–Trinajstić information content (AvgIpc) is 2.73. The Morgan fingerprint density at radius 3 is 2.52 bits per heavy atom. The molecule has 1 heterocycles. The highest BCUT2D eigenvalue weighted by molar-refractivity contribution is 6.29. The van der Waals surface area contributed by atoms with Crippen LogP contribution in [0.1, 0.15) is 42.2 Å². The summed E-state index contributed by atoms with van der Waals surface area (Å²) in [7, 11) is 0. The van der Waals surface area contributed by atoms with Gasteiger partial charge >= 0.3 is 5.97 Å². The molecule has 1 unspecified atom stereocenters. The van der Waals surface area contributed by atoms with Crippen LogP contribution in [0, 0.1) is 6.92 Å². The molecule has 2 rings (SSSR count). The lowest BCUT2D eigenvalue weighted by molar-refractivity contribution is -0.141. The number of carbonyl (C=O) groups excluding carboxylic acids is 2. The quantitative estimate of drug-likeness (QED) is 0.326. The summed E-state index contributed by atoms with van der Waals surface area (Å²) in [6.07, 6.45) is 2.86. The van der Waals surface area contributed by atoms with Crippen molar-refractivity contribution in [2.75, 3.05) is 5.32 Å². The van der Waals surface area contributed by atoms with E-state index in [9.17, 15) is 19.5 Å². The second kappa shape index (κ2) is 11.7. The number of anilines is 1. The normalized spacial score (nSPS) is 12.0. The third kappa shape index (κ3) is 7.71. The number of amides is 2. The van der Waals surface area contributed by atoms with E-state index in [1.54, 1.807) is 43.3 Å². The Hall–Kier alpha value is -3.46. The Balaban J connectivity index is 2.26. The van der Waals surface area contributed by atoms with Gasteiger partial charge in [0.15, 0.2) is 0 Å². The van der Waals surface area contributed by atoms with Gasteiger partial charge in [0.1, 0.15) is 16.9 Å². The summed E-state index contributed by atoms with van der Waals surface area (Å²) in [6.45, 7) is 3.64. The maximum absolute atomic E-state index is 12.8. The zero-order valence-corrected chi connectivity index (χ0v) is 17.9. The minimum absolute atomic E-state index is 0.116. The van der Waals surface area contributed by atoms with Crippen LogP contribution in [0.15, 0.2) is 48.3 Å². The third-order valence-corrected chi connectivity index (χ3v) is 4.34. The first-order chi connectivity index (χ1) is 14.8. The zero-order chi connectivity index (χ0) is 22.8. The molecule has 9 nitrogen and oxygen atoms in total. The minimum Gasteiger partial charge on any atom is -0.480 e. The summed E-state index contributed by atoms with van der Waals surface area (Å²) in [6, 6.07) is 8.77. The van der Waals surface area contributed by atoms with Crippen molar-refractivity contribution in [3.8, 4) is 0 Å². The molecule has 164 valence electrons. The second-order valence-electron chi connectivity index (χ2n) is 6.68. The first-order valence-corrected chi connectivity index (χ1v) is 10.1. The van der Waals surface area contributed by atoms with Crippen LogP contribution in [0.2, 0.25) is 5.15 Å². The summed E-state index contributed by atoms with van der Waals surface area (Å²) in [5, 5.41) is 17.2.